The van der Waals surface area contributed by atoms with Crippen LogP contribution in [-0.4, -0.2) is 60.5 Å². The van der Waals surface area contributed by atoms with Crippen molar-refractivity contribution in [2.45, 2.75) is 20.3 Å². The van der Waals surface area contributed by atoms with Crippen LogP contribution < -0.4 is 15.0 Å². The van der Waals surface area contributed by atoms with Gasteiger partial charge in [0, 0.05) is 37.8 Å². The van der Waals surface area contributed by atoms with Crippen molar-refractivity contribution in [3.05, 3.63) is 63.7 Å². The first kappa shape index (κ1) is 22.6. The molecule has 1 aromatic carbocycles. The zero-order chi connectivity index (χ0) is 23.7. The van der Waals surface area contributed by atoms with E-state index in [1.807, 2.05) is 31.2 Å². The lowest BCUT2D eigenvalue weighted by Gasteiger charge is -2.33. The molecule has 1 aliphatic carbocycles. The number of benzene rings is 1. The number of hydrogen-bond donors (Lipinski definition) is 1. The second kappa shape index (κ2) is 9.60. The van der Waals surface area contributed by atoms with Crippen LogP contribution in [0.2, 0.25) is 5.02 Å². The molecule has 1 aromatic heterocycles. The van der Waals surface area contributed by atoms with Crippen LogP contribution in [0.4, 0.5) is 11.6 Å². The lowest BCUT2D eigenvalue weighted by molar-refractivity contribution is 0.311. The Balaban J connectivity index is 1.45. The standard InChI is InChI=1S/C26H29ClN6O/c1-4-5-18-14-22(28-16-18)29-23-15-24(33-10-8-32(3)9-11-33)31-26(30-23)34-21-7-6-19-12-17(2)13-20(19)25(21)27/h4-7,13-15H,8-12,16H2,1-3H3,(H,28,29,30,31)/b5-4+. The first-order valence-electron chi connectivity index (χ1n) is 11.6. The normalized spacial score (nSPS) is 18.1. The number of aromatic nitrogens is 2. The number of nitrogens with zero attached hydrogens (tertiary/aromatic N) is 5. The summed E-state index contributed by atoms with van der Waals surface area (Å²) in [5.41, 5.74) is 4.68. The third-order valence-corrected chi connectivity index (χ3v) is 6.60. The van der Waals surface area contributed by atoms with Crippen molar-refractivity contribution in [3.8, 4) is 11.8 Å². The summed E-state index contributed by atoms with van der Waals surface area (Å²) in [6, 6.07) is 6.18. The predicted octanol–water partition coefficient (Wildman–Crippen LogP) is 4.96. The van der Waals surface area contributed by atoms with Gasteiger partial charge in [-0.25, -0.2) is 0 Å². The van der Waals surface area contributed by atoms with Crippen LogP contribution in [0.3, 0.4) is 0 Å². The van der Waals surface area contributed by atoms with Crippen LogP contribution in [0.5, 0.6) is 11.8 Å². The fourth-order valence-corrected chi connectivity index (χ4v) is 4.66. The van der Waals surface area contributed by atoms with E-state index in [1.54, 1.807) is 0 Å². The number of fused-ring (bicyclic) bond motifs is 1. The molecule has 0 saturated carbocycles. The Morgan fingerprint density at radius 1 is 1.12 bits per heavy atom. The minimum Gasteiger partial charge on any atom is -0.423 e. The summed E-state index contributed by atoms with van der Waals surface area (Å²) in [5.74, 6) is 2.80. The van der Waals surface area contributed by atoms with E-state index in [-0.39, 0.29) is 6.01 Å². The van der Waals surface area contributed by atoms with Gasteiger partial charge in [0.2, 0.25) is 0 Å². The number of aliphatic imine (C=N–C) groups is 1. The van der Waals surface area contributed by atoms with Gasteiger partial charge < -0.3 is 19.9 Å². The maximum absolute atomic E-state index is 6.71. The lowest BCUT2D eigenvalue weighted by Crippen LogP contribution is -2.44. The van der Waals surface area contributed by atoms with Crippen LogP contribution in [0.25, 0.3) is 6.08 Å². The van der Waals surface area contributed by atoms with Gasteiger partial charge in [-0.2, -0.15) is 9.97 Å². The molecule has 0 atom stereocenters. The zero-order valence-corrected chi connectivity index (χ0v) is 20.6. The van der Waals surface area contributed by atoms with Gasteiger partial charge in [0.1, 0.15) is 23.2 Å². The number of halogens is 1. The third kappa shape index (κ3) is 4.86. The number of likely N-dealkylation sites (N-methyl/N-ethyl adjacent to an activating group) is 1. The van der Waals surface area contributed by atoms with Gasteiger partial charge in [-0.05, 0) is 50.6 Å². The Labute approximate surface area is 205 Å². The number of anilines is 2. The molecule has 0 unspecified atom stereocenters. The third-order valence-electron chi connectivity index (χ3n) is 6.21. The van der Waals surface area contributed by atoms with E-state index in [1.165, 1.54) is 11.1 Å². The monoisotopic (exact) mass is 476 g/mol. The van der Waals surface area contributed by atoms with Crippen molar-refractivity contribution in [3.63, 3.8) is 0 Å². The van der Waals surface area contributed by atoms with E-state index in [0.717, 1.165) is 55.4 Å². The van der Waals surface area contributed by atoms with Crippen LogP contribution in [0.1, 0.15) is 25.0 Å². The Bertz CT molecular complexity index is 1220. The van der Waals surface area contributed by atoms with E-state index in [2.05, 4.69) is 57.3 Å². The van der Waals surface area contributed by atoms with Crippen molar-refractivity contribution in [1.82, 2.24) is 14.9 Å². The van der Waals surface area contributed by atoms with Crippen LogP contribution in [-0.2, 0) is 6.42 Å². The summed E-state index contributed by atoms with van der Waals surface area (Å²) in [6.45, 7) is 8.51. The molecule has 0 spiro atoms. The second-order valence-electron chi connectivity index (χ2n) is 8.95. The fraction of sp³-hybridized carbons (Fsp3) is 0.346. The highest BCUT2D eigenvalue weighted by Gasteiger charge is 2.21. The summed E-state index contributed by atoms with van der Waals surface area (Å²) < 4.78 is 6.16. The maximum Gasteiger partial charge on any atom is 0.325 e. The Morgan fingerprint density at radius 3 is 2.74 bits per heavy atom. The lowest BCUT2D eigenvalue weighted by atomic mass is 10.1. The molecule has 8 heteroatoms. The number of allylic oxidation sites excluding steroid dienone is 2. The molecule has 3 heterocycles. The first-order chi connectivity index (χ1) is 16.5. The van der Waals surface area contributed by atoms with Gasteiger partial charge in [-0.3, -0.25) is 4.99 Å². The van der Waals surface area contributed by atoms with Crippen LogP contribution >= 0.6 is 11.6 Å². The second-order valence-corrected chi connectivity index (χ2v) is 9.33. The largest absolute Gasteiger partial charge is 0.423 e. The molecule has 1 saturated heterocycles. The molecule has 3 aliphatic rings. The molecular formula is C26H29ClN6O. The molecule has 0 radical (unpaired) electrons. The van der Waals surface area contributed by atoms with Gasteiger partial charge >= 0.3 is 6.01 Å². The van der Waals surface area contributed by atoms with Crippen molar-refractivity contribution in [2.75, 3.05) is 50.0 Å². The number of rotatable bonds is 5. The molecule has 7 nitrogen and oxygen atoms in total. The van der Waals surface area contributed by atoms with E-state index in [0.29, 0.717) is 23.1 Å². The minimum absolute atomic E-state index is 0.260. The minimum atomic E-state index is 0.260. The number of nitrogens with one attached hydrogen (secondary N) is 1. The van der Waals surface area contributed by atoms with E-state index in [9.17, 15) is 0 Å². The average molecular weight is 477 g/mol. The molecule has 1 N–H and O–H groups in total. The average Bonchev–Trinajstić information content (AvgIpc) is 3.42. The van der Waals surface area contributed by atoms with Crippen LogP contribution in [0.15, 0.2) is 52.6 Å². The summed E-state index contributed by atoms with van der Waals surface area (Å²) in [7, 11) is 2.14. The van der Waals surface area contributed by atoms with Crippen molar-refractivity contribution in [2.24, 2.45) is 4.99 Å². The topological polar surface area (TPSA) is 65.9 Å². The Kier molecular flexibility index (Phi) is 6.39. The summed E-state index contributed by atoms with van der Waals surface area (Å²) >= 11 is 6.71. The molecular weight excluding hydrogens is 448 g/mol. The van der Waals surface area contributed by atoms with Gasteiger partial charge in [-0.15, -0.1) is 0 Å². The summed E-state index contributed by atoms with van der Waals surface area (Å²) in [4.78, 5) is 18.5. The van der Waals surface area contributed by atoms with E-state index < -0.39 is 0 Å². The molecule has 176 valence electrons. The predicted molar refractivity (Wildman–Crippen MR) is 139 cm³/mol. The molecule has 5 rings (SSSR count). The number of hydrogen-bond acceptors (Lipinski definition) is 7. The summed E-state index contributed by atoms with van der Waals surface area (Å²) in [6.07, 6.45) is 9.15. The Morgan fingerprint density at radius 2 is 1.94 bits per heavy atom. The van der Waals surface area contributed by atoms with Gasteiger partial charge in [0.05, 0.1) is 11.6 Å². The van der Waals surface area contributed by atoms with Crippen molar-refractivity contribution in [1.29, 1.82) is 0 Å². The van der Waals surface area contributed by atoms with Gasteiger partial charge in [-0.1, -0.05) is 41.5 Å². The quantitative estimate of drug-likeness (QED) is 0.658. The highest BCUT2D eigenvalue weighted by Crippen LogP contribution is 2.38. The molecule has 34 heavy (non-hydrogen) atoms. The molecule has 2 aliphatic heterocycles. The van der Waals surface area contributed by atoms with Gasteiger partial charge in [0.15, 0.2) is 0 Å². The SMILES string of the molecule is C/C=C/C1=CC(Nc2cc(N3CCN(C)CC3)nc(Oc3ccc4c(c3Cl)C=C(C)C4)n2)=NC1. The highest BCUT2D eigenvalue weighted by atomic mass is 35.5. The molecule has 2 aromatic rings. The Hall–Kier alpha value is -3.16. The fourth-order valence-electron chi connectivity index (χ4n) is 4.38. The maximum atomic E-state index is 6.71. The van der Waals surface area contributed by atoms with Crippen molar-refractivity contribution < 1.29 is 4.74 Å². The summed E-state index contributed by atoms with van der Waals surface area (Å²) in [5, 5.41) is 3.93. The van der Waals surface area contributed by atoms with E-state index >= 15 is 0 Å². The number of piperazine rings is 1. The van der Waals surface area contributed by atoms with Crippen LogP contribution in [0, 0.1) is 0 Å². The number of amidine groups is 1. The highest BCUT2D eigenvalue weighted by molar-refractivity contribution is 6.33. The smallest absolute Gasteiger partial charge is 0.325 e. The first-order valence-corrected chi connectivity index (χ1v) is 12.0. The van der Waals surface area contributed by atoms with Gasteiger partial charge in [0.25, 0.3) is 0 Å². The number of ether oxygens (including phenoxy) is 1. The van der Waals surface area contributed by atoms with Crippen molar-refractivity contribution >= 4 is 35.1 Å². The van der Waals surface area contributed by atoms with E-state index in [4.69, 9.17) is 21.3 Å². The molecule has 0 amide bonds. The molecule has 1 fully saturated rings. The zero-order valence-electron chi connectivity index (χ0n) is 19.8. The molecule has 0 bridgehead atoms.